The molecule has 0 atom stereocenters. The molecule has 0 aliphatic rings. The molecule has 0 fully saturated rings. The van der Waals surface area contributed by atoms with Crippen LogP contribution in [0, 0.1) is 0 Å². The first-order valence-electron chi connectivity index (χ1n) is 9.56. The summed E-state index contributed by atoms with van der Waals surface area (Å²) >= 11 is 0. The molecular weight excluding hydrogens is 374 g/mol. The van der Waals surface area contributed by atoms with Gasteiger partial charge in [-0.15, -0.1) is 0 Å². The van der Waals surface area contributed by atoms with E-state index < -0.39 is 10.0 Å². The van der Waals surface area contributed by atoms with Crippen molar-refractivity contribution in [3.05, 3.63) is 48.2 Å². The summed E-state index contributed by atoms with van der Waals surface area (Å²) < 4.78 is 26.3. The minimum absolute atomic E-state index is 0.178. The first-order valence-corrected chi connectivity index (χ1v) is 11.0. The third kappa shape index (κ3) is 5.30. The molecule has 7 nitrogen and oxygen atoms in total. The maximum Gasteiger partial charge on any atom is 0.244 e. The van der Waals surface area contributed by atoms with Crippen molar-refractivity contribution in [1.82, 2.24) is 9.29 Å². The van der Waals surface area contributed by atoms with Crippen LogP contribution in [0.25, 0.3) is 0 Å². The van der Waals surface area contributed by atoms with Crippen molar-refractivity contribution in [2.24, 2.45) is 5.10 Å². The molecule has 1 heterocycles. The van der Waals surface area contributed by atoms with E-state index in [9.17, 15) is 8.42 Å². The molecule has 1 aromatic heterocycles. The highest BCUT2D eigenvalue weighted by Gasteiger charge is 2.21. The number of pyridine rings is 1. The third-order valence-corrected chi connectivity index (χ3v) is 6.53. The number of nitrogens with one attached hydrogen (secondary N) is 1. The lowest BCUT2D eigenvalue weighted by Gasteiger charge is -2.20. The highest BCUT2D eigenvalue weighted by atomic mass is 32.2. The maximum atomic E-state index is 12.5. The molecule has 2 rings (SSSR count). The van der Waals surface area contributed by atoms with Crippen LogP contribution in [0.4, 0.5) is 11.5 Å². The number of rotatable bonds is 10. The molecule has 0 unspecified atom stereocenters. The fraction of sp³-hybridized carbons (Fsp3) is 0.400. The molecule has 28 heavy (non-hydrogen) atoms. The van der Waals surface area contributed by atoms with E-state index in [-0.39, 0.29) is 4.90 Å². The Kier molecular flexibility index (Phi) is 7.95. The zero-order valence-electron chi connectivity index (χ0n) is 17.0. The van der Waals surface area contributed by atoms with Gasteiger partial charge in [0.05, 0.1) is 6.21 Å². The fourth-order valence-electron chi connectivity index (χ4n) is 2.84. The molecule has 0 aliphatic carbocycles. The molecule has 0 aliphatic heterocycles. The molecule has 152 valence electrons. The Morgan fingerprint density at radius 3 is 2.11 bits per heavy atom. The Hall–Kier alpha value is -2.45. The summed E-state index contributed by atoms with van der Waals surface area (Å²) in [6.45, 7) is 10.7. The number of aromatic nitrogens is 1. The van der Waals surface area contributed by atoms with Crippen molar-refractivity contribution >= 4 is 27.7 Å². The number of hydrazone groups is 1. The molecule has 0 radical (unpaired) electrons. The van der Waals surface area contributed by atoms with Gasteiger partial charge in [0.15, 0.2) is 0 Å². The Balaban J connectivity index is 2.01. The van der Waals surface area contributed by atoms with Crippen LogP contribution in [-0.4, -0.2) is 50.1 Å². The molecule has 8 heteroatoms. The maximum absolute atomic E-state index is 12.5. The van der Waals surface area contributed by atoms with Crippen LogP contribution < -0.4 is 10.3 Å². The molecule has 1 N–H and O–H groups in total. The number of hydrogen-bond donors (Lipinski definition) is 1. The molecule has 0 saturated heterocycles. The summed E-state index contributed by atoms with van der Waals surface area (Å²) in [5, 5.41) is 4.18. The van der Waals surface area contributed by atoms with Gasteiger partial charge in [-0.3, -0.25) is 5.43 Å². The topological polar surface area (TPSA) is 77.9 Å². The first kappa shape index (κ1) is 21.8. The number of sulfonamides is 1. The minimum atomic E-state index is -3.50. The first-order chi connectivity index (χ1) is 13.5. The molecule has 0 bridgehead atoms. The van der Waals surface area contributed by atoms with Crippen molar-refractivity contribution in [3.8, 4) is 0 Å². The van der Waals surface area contributed by atoms with Crippen LogP contribution >= 0.6 is 0 Å². The number of hydrogen-bond acceptors (Lipinski definition) is 6. The normalized spacial score (nSPS) is 11.9. The van der Waals surface area contributed by atoms with Gasteiger partial charge >= 0.3 is 0 Å². The van der Waals surface area contributed by atoms with E-state index in [1.165, 1.54) is 22.3 Å². The molecule has 0 spiro atoms. The van der Waals surface area contributed by atoms with E-state index in [0.717, 1.165) is 18.7 Å². The SMILES string of the molecule is CCN(CC)c1ccc(C=NNc2ccc(S(=O)(=O)N(CC)CC)cn2)cc1. The van der Waals surface area contributed by atoms with Gasteiger partial charge in [0.2, 0.25) is 10.0 Å². The average molecular weight is 404 g/mol. The number of benzene rings is 1. The van der Waals surface area contributed by atoms with Gasteiger partial charge in [-0.1, -0.05) is 26.0 Å². The van der Waals surface area contributed by atoms with Crippen molar-refractivity contribution < 1.29 is 8.42 Å². The summed E-state index contributed by atoms with van der Waals surface area (Å²) in [4.78, 5) is 6.60. The molecular formula is C20H29N5O2S. The van der Waals surface area contributed by atoms with Gasteiger partial charge < -0.3 is 4.90 Å². The largest absolute Gasteiger partial charge is 0.372 e. The zero-order valence-corrected chi connectivity index (χ0v) is 17.8. The Labute approximate surface area is 168 Å². The van der Waals surface area contributed by atoms with Crippen LogP contribution in [0.1, 0.15) is 33.3 Å². The van der Waals surface area contributed by atoms with Gasteiger partial charge in [0.25, 0.3) is 0 Å². The van der Waals surface area contributed by atoms with E-state index in [1.54, 1.807) is 12.3 Å². The monoisotopic (exact) mass is 403 g/mol. The Morgan fingerprint density at radius 1 is 0.964 bits per heavy atom. The van der Waals surface area contributed by atoms with Gasteiger partial charge in [0, 0.05) is 38.1 Å². The Bertz CT molecular complexity index is 856. The minimum Gasteiger partial charge on any atom is -0.372 e. The third-order valence-electron chi connectivity index (χ3n) is 4.49. The number of anilines is 2. The van der Waals surface area contributed by atoms with Crippen molar-refractivity contribution in [1.29, 1.82) is 0 Å². The van der Waals surface area contributed by atoms with Gasteiger partial charge in [-0.05, 0) is 43.7 Å². The molecule has 2 aromatic rings. The summed E-state index contributed by atoms with van der Waals surface area (Å²) in [5.41, 5.74) is 4.97. The van der Waals surface area contributed by atoms with E-state index >= 15 is 0 Å². The average Bonchev–Trinajstić information content (AvgIpc) is 2.71. The van der Waals surface area contributed by atoms with E-state index in [0.29, 0.717) is 18.9 Å². The van der Waals surface area contributed by atoms with Gasteiger partial charge in [0.1, 0.15) is 10.7 Å². The van der Waals surface area contributed by atoms with Crippen molar-refractivity contribution in [2.45, 2.75) is 32.6 Å². The summed E-state index contributed by atoms with van der Waals surface area (Å²) in [5.74, 6) is 0.481. The molecule has 1 aromatic carbocycles. The quantitative estimate of drug-likeness (QED) is 0.486. The fourth-order valence-corrected chi connectivity index (χ4v) is 4.25. The van der Waals surface area contributed by atoms with E-state index in [4.69, 9.17) is 0 Å². The predicted molar refractivity (Wildman–Crippen MR) is 116 cm³/mol. The van der Waals surface area contributed by atoms with Crippen molar-refractivity contribution in [3.63, 3.8) is 0 Å². The van der Waals surface area contributed by atoms with Crippen LogP contribution in [0.5, 0.6) is 0 Å². The smallest absolute Gasteiger partial charge is 0.244 e. The van der Waals surface area contributed by atoms with Crippen LogP contribution in [0.15, 0.2) is 52.6 Å². The number of nitrogens with zero attached hydrogens (tertiary/aromatic N) is 4. The summed E-state index contributed by atoms with van der Waals surface area (Å²) in [7, 11) is -3.50. The lowest BCUT2D eigenvalue weighted by atomic mass is 10.2. The van der Waals surface area contributed by atoms with E-state index in [1.807, 2.05) is 26.0 Å². The Morgan fingerprint density at radius 2 is 1.61 bits per heavy atom. The van der Waals surface area contributed by atoms with Crippen LogP contribution in [-0.2, 0) is 10.0 Å². The molecule has 0 saturated carbocycles. The second kappa shape index (κ2) is 10.2. The highest BCUT2D eigenvalue weighted by Crippen LogP contribution is 2.16. The predicted octanol–water partition coefficient (Wildman–Crippen LogP) is 3.40. The highest BCUT2D eigenvalue weighted by molar-refractivity contribution is 7.89. The standard InChI is InChI=1S/C20H29N5O2S/c1-5-24(6-2)18-11-9-17(10-12-18)15-22-23-20-14-13-19(16-21-20)28(26,27)25(7-3)8-4/h9-16H,5-8H2,1-4H3,(H,21,23). The van der Waals surface area contributed by atoms with Crippen LogP contribution in [0.3, 0.4) is 0 Å². The summed E-state index contributed by atoms with van der Waals surface area (Å²) in [6.07, 6.45) is 3.05. The van der Waals surface area contributed by atoms with Gasteiger partial charge in [-0.2, -0.15) is 9.41 Å². The lowest BCUT2D eigenvalue weighted by molar-refractivity contribution is 0.445. The second-order valence-corrected chi connectivity index (χ2v) is 8.04. The second-order valence-electron chi connectivity index (χ2n) is 6.10. The van der Waals surface area contributed by atoms with E-state index in [2.05, 4.69) is 46.4 Å². The lowest BCUT2D eigenvalue weighted by Crippen LogP contribution is -2.30. The van der Waals surface area contributed by atoms with Crippen LogP contribution in [0.2, 0.25) is 0 Å². The molecule has 0 amide bonds. The van der Waals surface area contributed by atoms with Crippen molar-refractivity contribution in [2.75, 3.05) is 36.5 Å². The summed E-state index contributed by atoms with van der Waals surface area (Å²) in [6, 6.07) is 11.3. The van der Waals surface area contributed by atoms with Gasteiger partial charge in [-0.25, -0.2) is 13.4 Å². The zero-order chi connectivity index (χ0) is 20.6.